The van der Waals surface area contributed by atoms with Gasteiger partial charge in [-0.2, -0.15) is 0 Å². The molecule has 2 aliphatic rings. The van der Waals surface area contributed by atoms with Crippen LogP contribution in [0.2, 0.25) is 0 Å². The Bertz CT molecular complexity index is 518. The van der Waals surface area contributed by atoms with Crippen molar-refractivity contribution in [2.45, 2.75) is 50.5 Å². The van der Waals surface area contributed by atoms with Crippen molar-refractivity contribution in [2.75, 3.05) is 19.6 Å². The number of likely N-dealkylation sites (tertiary alicyclic amines) is 1. The van der Waals surface area contributed by atoms with Gasteiger partial charge in [0, 0.05) is 28.9 Å². The Morgan fingerprint density at radius 2 is 1.91 bits per heavy atom. The van der Waals surface area contributed by atoms with Gasteiger partial charge in [-0.3, -0.25) is 4.79 Å². The van der Waals surface area contributed by atoms with E-state index >= 15 is 0 Å². The summed E-state index contributed by atoms with van der Waals surface area (Å²) in [6.07, 6.45) is 5.53. The summed E-state index contributed by atoms with van der Waals surface area (Å²) < 4.78 is 1.11. The molecule has 1 aliphatic carbocycles. The van der Waals surface area contributed by atoms with Gasteiger partial charge >= 0.3 is 0 Å². The molecule has 1 saturated carbocycles. The maximum atomic E-state index is 12.2. The normalized spacial score (nSPS) is 21.5. The van der Waals surface area contributed by atoms with E-state index in [1.807, 2.05) is 0 Å². The number of rotatable bonds is 6. The Morgan fingerprint density at radius 3 is 2.50 bits per heavy atom. The van der Waals surface area contributed by atoms with E-state index in [2.05, 4.69) is 57.3 Å². The van der Waals surface area contributed by atoms with E-state index in [9.17, 15) is 4.79 Å². The number of amides is 1. The average Bonchev–Trinajstić information content (AvgIpc) is 3.15. The van der Waals surface area contributed by atoms with Crippen LogP contribution in [0.5, 0.6) is 0 Å². The zero-order valence-corrected chi connectivity index (χ0v) is 14.9. The summed E-state index contributed by atoms with van der Waals surface area (Å²) in [6.45, 7) is 5.38. The van der Waals surface area contributed by atoms with Crippen LogP contribution in [0.1, 0.15) is 44.6 Å². The maximum Gasteiger partial charge on any atom is 0.221 e. The molecule has 3 nitrogen and oxygen atoms in total. The highest BCUT2D eigenvalue weighted by molar-refractivity contribution is 9.10. The molecule has 1 N–H and O–H groups in total. The molecule has 3 rings (SSSR count). The molecule has 1 aliphatic heterocycles. The fraction of sp³-hybridized carbons (Fsp3) is 0.611. The molecule has 0 bridgehead atoms. The Labute approximate surface area is 141 Å². The van der Waals surface area contributed by atoms with E-state index in [1.54, 1.807) is 0 Å². The lowest BCUT2D eigenvalue weighted by molar-refractivity contribution is -0.122. The van der Waals surface area contributed by atoms with Crippen molar-refractivity contribution in [3.05, 3.63) is 34.3 Å². The van der Waals surface area contributed by atoms with Crippen molar-refractivity contribution in [1.82, 2.24) is 10.2 Å². The summed E-state index contributed by atoms with van der Waals surface area (Å²) in [5.74, 6) is 0.197. The van der Waals surface area contributed by atoms with Crippen LogP contribution in [-0.2, 0) is 10.2 Å². The van der Waals surface area contributed by atoms with Crippen molar-refractivity contribution in [3.63, 3.8) is 0 Å². The summed E-state index contributed by atoms with van der Waals surface area (Å²) in [7, 11) is 0. The molecule has 120 valence electrons. The van der Waals surface area contributed by atoms with Gasteiger partial charge in [0.25, 0.3) is 0 Å². The van der Waals surface area contributed by atoms with Crippen LogP contribution in [0.25, 0.3) is 0 Å². The summed E-state index contributed by atoms with van der Waals surface area (Å²) in [5.41, 5.74) is 1.51. The molecule has 1 heterocycles. The van der Waals surface area contributed by atoms with Gasteiger partial charge in [-0.1, -0.05) is 28.1 Å². The molecule has 1 saturated heterocycles. The molecule has 1 aromatic rings. The number of halogens is 1. The van der Waals surface area contributed by atoms with Crippen molar-refractivity contribution < 1.29 is 4.79 Å². The van der Waals surface area contributed by atoms with Gasteiger partial charge in [-0.25, -0.2) is 0 Å². The van der Waals surface area contributed by atoms with E-state index < -0.39 is 0 Å². The smallest absolute Gasteiger partial charge is 0.221 e. The van der Waals surface area contributed by atoms with E-state index in [4.69, 9.17) is 0 Å². The third-order valence-electron chi connectivity index (χ3n) is 5.27. The van der Waals surface area contributed by atoms with Crippen molar-refractivity contribution in [3.8, 4) is 0 Å². The quantitative estimate of drug-likeness (QED) is 0.837. The van der Waals surface area contributed by atoms with Crippen LogP contribution in [0.3, 0.4) is 0 Å². The summed E-state index contributed by atoms with van der Waals surface area (Å²) in [4.78, 5) is 14.6. The molecule has 1 atom stereocenters. The fourth-order valence-corrected chi connectivity index (χ4v) is 3.87. The molecule has 22 heavy (non-hydrogen) atoms. The molecule has 4 heteroatoms. The van der Waals surface area contributed by atoms with Gasteiger partial charge in [0.1, 0.15) is 0 Å². The number of nitrogens with one attached hydrogen (secondary N) is 1. The highest BCUT2D eigenvalue weighted by Gasteiger charge is 2.49. The lowest BCUT2D eigenvalue weighted by atomic mass is 9.89. The standard InChI is InChI=1S/C18H25BrN2O/c1-14(20-17(22)8-13-21-11-2-3-12-21)18(9-10-18)15-4-6-16(19)7-5-15/h4-7,14H,2-3,8-13H2,1H3,(H,20,22). The van der Waals surface area contributed by atoms with E-state index in [0.29, 0.717) is 6.42 Å². The number of nitrogens with zero attached hydrogens (tertiary/aromatic N) is 1. The fourth-order valence-electron chi connectivity index (χ4n) is 3.61. The second-order valence-corrected chi connectivity index (χ2v) is 7.67. The minimum Gasteiger partial charge on any atom is -0.353 e. The Morgan fingerprint density at radius 1 is 1.27 bits per heavy atom. The molecule has 0 spiro atoms. The van der Waals surface area contributed by atoms with Crippen LogP contribution in [0.15, 0.2) is 28.7 Å². The first-order valence-electron chi connectivity index (χ1n) is 8.38. The first-order chi connectivity index (χ1) is 10.6. The van der Waals surface area contributed by atoms with Crippen LogP contribution >= 0.6 is 15.9 Å². The predicted octanol–water partition coefficient (Wildman–Crippen LogP) is 3.47. The zero-order chi connectivity index (χ0) is 15.6. The molecule has 1 amide bonds. The monoisotopic (exact) mass is 364 g/mol. The van der Waals surface area contributed by atoms with Crippen molar-refractivity contribution in [2.24, 2.45) is 0 Å². The number of hydrogen-bond acceptors (Lipinski definition) is 2. The van der Waals surface area contributed by atoms with Crippen LogP contribution in [0, 0.1) is 0 Å². The first-order valence-corrected chi connectivity index (χ1v) is 9.17. The Kier molecular flexibility index (Phi) is 4.88. The molecular formula is C18H25BrN2O. The minimum absolute atomic E-state index is 0.157. The van der Waals surface area contributed by atoms with Crippen molar-refractivity contribution in [1.29, 1.82) is 0 Å². The van der Waals surface area contributed by atoms with E-state index in [1.165, 1.54) is 31.2 Å². The van der Waals surface area contributed by atoms with E-state index in [-0.39, 0.29) is 17.4 Å². The number of carbonyl (C=O) groups is 1. The molecule has 1 unspecified atom stereocenters. The van der Waals surface area contributed by atoms with E-state index in [0.717, 1.165) is 24.1 Å². The third-order valence-corrected chi connectivity index (χ3v) is 5.80. The van der Waals surface area contributed by atoms with Gasteiger partial charge in [0.15, 0.2) is 0 Å². The zero-order valence-electron chi connectivity index (χ0n) is 13.3. The Balaban J connectivity index is 1.53. The van der Waals surface area contributed by atoms with Crippen molar-refractivity contribution >= 4 is 21.8 Å². The van der Waals surface area contributed by atoms with Gasteiger partial charge in [0.2, 0.25) is 5.91 Å². The van der Waals surface area contributed by atoms with Gasteiger partial charge in [-0.15, -0.1) is 0 Å². The molecule has 0 radical (unpaired) electrons. The molecule has 2 fully saturated rings. The Hall–Kier alpha value is -0.870. The maximum absolute atomic E-state index is 12.2. The first kappa shape index (κ1) is 16.0. The molecule has 1 aromatic carbocycles. The van der Waals surface area contributed by atoms with Crippen LogP contribution in [-0.4, -0.2) is 36.5 Å². The summed E-state index contributed by atoms with van der Waals surface area (Å²) in [6, 6.07) is 8.77. The second-order valence-electron chi connectivity index (χ2n) is 6.75. The highest BCUT2D eigenvalue weighted by atomic mass is 79.9. The highest BCUT2D eigenvalue weighted by Crippen LogP contribution is 2.51. The molecular weight excluding hydrogens is 340 g/mol. The predicted molar refractivity (Wildman–Crippen MR) is 92.9 cm³/mol. The van der Waals surface area contributed by atoms with Crippen LogP contribution in [0.4, 0.5) is 0 Å². The van der Waals surface area contributed by atoms with Gasteiger partial charge < -0.3 is 10.2 Å². The number of hydrogen-bond donors (Lipinski definition) is 1. The van der Waals surface area contributed by atoms with Gasteiger partial charge in [0.05, 0.1) is 0 Å². The lowest BCUT2D eigenvalue weighted by Crippen LogP contribution is -2.42. The number of carbonyl (C=O) groups excluding carboxylic acids is 1. The lowest BCUT2D eigenvalue weighted by Gasteiger charge is -2.25. The molecule has 0 aromatic heterocycles. The third kappa shape index (κ3) is 3.54. The van der Waals surface area contributed by atoms with Gasteiger partial charge in [-0.05, 0) is 63.4 Å². The minimum atomic E-state index is 0.157. The largest absolute Gasteiger partial charge is 0.353 e. The van der Waals surface area contributed by atoms with Crippen LogP contribution < -0.4 is 5.32 Å². The SMILES string of the molecule is CC(NC(=O)CCN1CCCC1)C1(c2ccc(Br)cc2)CC1. The number of benzene rings is 1. The topological polar surface area (TPSA) is 32.3 Å². The summed E-state index contributed by atoms with van der Waals surface area (Å²) in [5, 5.41) is 3.24. The second kappa shape index (κ2) is 6.71. The average molecular weight is 365 g/mol. The summed E-state index contributed by atoms with van der Waals surface area (Å²) >= 11 is 3.49.